The van der Waals surface area contributed by atoms with Gasteiger partial charge in [0.2, 0.25) is 6.54 Å². The summed E-state index contributed by atoms with van der Waals surface area (Å²) >= 11 is 0. The Balaban J connectivity index is 2.61. The van der Waals surface area contributed by atoms with E-state index in [-0.39, 0.29) is 13.2 Å². The van der Waals surface area contributed by atoms with E-state index in [0.717, 1.165) is 0 Å². The van der Waals surface area contributed by atoms with Crippen LogP contribution >= 0.6 is 0 Å². The first-order chi connectivity index (χ1) is 6.74. The molecule has 5 nitrogen and oxygen atoms in total. The van der Waals surface area contributed by atoms with E-state index in [2.05, 4.69) is 6.58 Å². The molecule has 1 rings (SSSR count). The van der Waals surface area contributed by atoms with Gasteiger partial charge in [-0.25, -0.2) is 0 Å². The van der Waals surface area contributed by atoms with Gasteiger partial charge < -0.3 is 9.15 Å². The molecule has 0 aliphatic heterocycles. The third kappa shape index (κ3) is 3.02. The van der Waals surface area contributed by atoms with Crippen LogP contribution in [0.3, 0.4) is 0 Å². The molecule has 0 aliphatic rings. The van der Waals surface area contributed by atoms with Gasteiger partial charge in [0.25, 0.3) is 0 Å². The number of rotatable bonds is 6. The second-order valence-corrected chi connectivity index (χ2v) is 2.64. The van der Waals surface area contributed by atoms with Crippen LogP contribution in [0.2, 0.25) is 0 Å². The molecular weight excluding hydrogens is 186 g/mol. The van der Waals surface area contributed by atoms with Gasteiger partial charge in [-0.1, -0.05) is 6.08 Å². The molecular formula is C9H11NO4. The molecule has 0 fully saturated rings. The van der Waals surface area contributed by atoms with Crippen LogP contribution in [0.5, 0.6) is 0 Å². The molecule has 1 aromatic rings. The van der Waals surface area contributed by atoms with Gasteiger partial charge in [-0.15, -0.1) is 6.58 Å². The Hall–Kier alpha value is -1.62. The molecule has 0 aromatic carbocycles. The van der Waals surface area contributed by atoms with Crippen molar-refractivity contribution >= 4 is 0 Å². The minimum Gasteiger partial charge on any atom is -0.466 e. The lowest BCUT2D eigenvalue weighted by Gasteiger charge is -2.09. The fourth-order valence-electron chi connectivity index (χ4n) is 1.02. The zero-order chi connectivity index (χ0) is 10.4. The summed E-state index contributed by atoms with van der Waals surface area (Å²) in [5, 5.41) is 10.3. The second-order valence-electron chi connectivity index (χ2n) is 2.64. The zero-order valence-electron chi connectivity index (χ0n) is 7.59. The average Bonchev–Trinajstić information content (AvgIpc) is 2.64. The smallest absolute Gasteiger partial charge is 0.236 e. The standard InChI is InChI=1S/C9H11NO4/c1-2-5-13-9(7-10(11)12)8-4-3-6-14-8/h2-4,6,9H,1,5,7H2. The molecule has 0 N–H and O–H groups in total. The Kier molecular flexibility index (Phi) is 3.87. The van der Waals surface area contributed by atoms with Crippen molar-refractivity contribution < 1.29 is 14.1 Å². The highest BCUT2D eigenvalue weighted by Gasteiger charge is 2.20. The van der Waals surface area contributed by atoms with E-state index >= 15 is 0 Å². The molecule has 0 spiro atoms. The quantitative estimate of drug-likeness (QED) is 0.396. The number of hydrogen-bond acceptors (Lipinski definition) is 4. The first-order valence-corrected chi connectivity index (χ1v) is 4.11. The summed E-state index contributed by atoms with van der Waals surface area (Å²) < 4.78 is 10.2. The molecule has 1 unspecified atom stereocenters. The maximum absolute atomic E-state index is 10.3. The van der Waals surface area contributed by atoms with Gasteiger partial charge in [0.1, 0.15) is 5.76 Å². The third-order valence-corrected chi connectivity index (χ3v) is 1.59. The molecule has 14 heavy (non-hydrogen) atoms. The van der Waals surface area contributed by atoms with Crippen molar-refractivity contribution in [2.24, 2.45) is 0 Å². The predicted octanol–water partition coefficient (Wildman–Crippen LogP) is 1.80. The normalized spacial score (nSPS) is 12.3. The molecule has 0 amide bonds. The van der Waals surface area contributed by atoms with Crippen LogP contribution in [-0.4, -0.2) is 18.1 Å². The van der Waals surface area contributed by atoms with Crippen molar-refractivity contribution in [2.45, 2.75) is 6.10 Å². The van der Waals surface area contributed by atoms with Gasteiger partial charge in [0.15, 0.2) is 6.10 Å². The summed E-state index contributed by atoms with van der Waals surface area (Å²) in [7, 11) is 0. The largest absolute Gasteiger partial charge is 0.466 e. The van der Waals surface area contributed by atoms with Crippen LogP contribution < -0.4 is 0 Å². The Morgan fingerprint density at radius 2 is 2.57 bits per heavy atom. The van der Waals surface area contributed by atoms with Gasteiger partial charge in [0, 0.05) is 4.92 Å². The highest BCUT2D eigenvalue weighted by atomic mass is 16.6. The van der Waals surface area contributed by atoms with Crippen LogP contribution in [0.4, 0.5) is 0 Å². The maximum atomic E-state index is 10.3. The van der Waals surface area contributed by atoms with E-state index in [9.17, 15) is 10.1 Å². The number of nitro groups is 1. The molecule has 0 bridgehead atoms. The summed E-state index contributed by atoms with van der Waals surface area (Å²) in [4.78, 5) is 9.89. The van der Waals surface area contributed by atoms with Gasteiger partial charge in [0.05, 0.1) is 12.9 Å². The van der Waals surface area contributed by atoms with Crippen molar-refractivity contribution in [2.75, 3.05) is 13.2 Å². The Morgan fingerprint density at radius 1 is 1.79 bits per heavy atom. The highest BCUT2D eigenvalue weighted by molar-refractivity contribution is 5.02. The highest BCUT2D eigenvalue weighted by Crippen LogP contribution is 2.17. The van der Waals surface area contributed by atoms with Gasteiger partial charge in [-0.3, -0.25) is 10.1 Å². The summed E-state index contributed by atoms with van der Waals surface area (Å²) in [5.41, 5.74) is 0. The summed E-state index contributed by atoms with van der Waals surface area (Å²) in [6, 6.07) is 3.32. The predicted molar refractivity (Wildman–Crippen MR) is 49.5 cm³/mol. The first-order valence-electron chi connectivity index (χ1n) is 4.11. The Labute approximate surface area is 81.1 Å². The van der Waals surface area contributed by atoms with Crippen molar-refractivity contribution in [1.29, 1.82) is 0 Å². The number of nitrogens with zero attached hydrogens (tertiary/aromatic N) is 1. The molecule has 0 saturated heterocycles. The number of ether oxygens (including phenoxy) is 1. The van der Waals surface area contributed by atoms with Crippen molar-refractivity contribution in [3.8, 4) is 0 Å². The Morgan fingerprint density at radius 3 is 3.07 bits per heavy atom. The molecule has 5 heteroatoms. The molecule has 0 aliphatic carbocycles. The van der Waals surface area contributed by atoms with Gasteiger partial charge in [-0.2, -0.15) is 0 Å². The SMILES string of the molecule is C=CCOC(C[N+](=O)[O-])c1ccco1. The minimum absolute atomic E-state index is 0.263. The van der Waals surface area contributed by atoms with E-state index in [1.165, 1.54) is 12.3 Å². The molecule has 1 atom stereocenters. The lowest BCUT2D eigenvalue weighted by Crippen LogP contribution is -2.15. The van der Waals surface area contributed by atoms with Crippen LogP contribution in [0.1, 0.15) is 11.9 Å². The van der Waals surface area contributed by atoms with Crippen molar-refractivity contribution in [3.63, 3.8) is 0 Å². The molecule has 1 aromatic heterocycles. The fourth-order valence-corrected chi connectivity index (χ4v) is 1.02. The molecule has 76 valence electrons. The average molecular weight is 197 g/mol. The summed E-state index contributed by atoms with van der Waals surface area (Å²) in [6.45, 7) is 3.43. The fraction of sp³-hybridized carbons (Fsp3) is 0.333. The maximum Gasteiger partial charge on any atom is 0.236 e. The summed E-state index contributed by atoms with van der Waals surface area (Å²) in [5.74, 6) is 0.462. The third-order valence-electron chi connectivity index (χ3n) is 1.59. The zero-order valence-corrected chi connectivity index (χ0v) is 7.59. The minimum atomic E-state index is -0.641. The van der Waals surface area contributed by atoms with E-state index in [1.54, 1.807) is 12.1 Å². The van der Waals surface area contributed by atoms with Gasteiger partial charge >= 0.3 is 0 Å². The lowest BCUT2D eigenvalue weighted by atomic mass is 10.3. The molecule has 0 saturated carbocycles. The monoisotopic (exact) mass is 197 g/mol. The first kappa shape index (κ1) is 10.5. The second kappa shape index (κ2) is 5.18. The van der Waals surface area contributed by atoms with Crippen molar-refractivity contribution in [1.82, 2.24) is 0 Å². The lowest BCUT2D eigenvalue weighted by molar-refractivity contribution is -0.493. The van der Waals surface area contributed by atoms with E-state index in [0.29, 0.717) is 5.76 Å². The van der Waals surface area contributed by atoms with Crippen LogP contribution in [0, 0.1) is 10.1 Å². The Bertz CT molecular complexity index is 294. The topological polar surface area (TPSA) is 65.5 Å². The van der Waals surface area contributed by atoms with Gasteiger partial charge in [-0.05, 0) is 12.1 Å². The molecule has 1 heterocycles. The molecule has 0 radical (unpaired) electrons. The number of hydrogen-bond donors (Lipinski definition) is 0. The van der Waals surface area contributed by atoms with E-state index in [1.807, 2.05) is 0 Å². The summed E-state index contributed by atoms with van der Waals surface area (Å²) in [6.07, 6.45) is 2.35. The van der Waals surface area contributed by atoms with Crippen molar-refractivity contribution in [3.05, 3.63) is 46.9 Å². The van der Waals surface area contributed by atoms with Crippen LogP contribution in [-0.2, 0) is 4.74 Å². The van der Waals surface area contributed by atoms with E-state index in [4.69, 9.17) is 9.15 Å². The van der Waals surface area contributed by atoms with E-state index < -0.39 is 11.0 Å². The number of furan rings is 1. The van der Waals surface area contributed by atoms with Crippen LogP contribution in [0.15, 0.2) is 35.5 Å². The van der Waals surface area contributed by atoms with Crippen LogP contribution in [0.25, 0.3) is 0 Å².